The average Bonchev–Trinajstić information content (AvgIpc) is 3.02. The number of imidazole rings is 1. The van der Waals surface area contributed by atoms with E-state index >= 15 is 0 Å². The molecule has 0 aliphatic carbocycles. The van der Waals surface area contributed by atoms with Crippen molar-refractivity contribution in [2.45, 2.75) is 24.5 Å². The molecule has 1 aliphatic rings. The predicted molar refractivity (Wildman–Crippen MR) is 69.7 cm³/mol. The van der Waals surface area contributed by atoms with Gasteiger partial charge in [-0.1, -0.05) is 5.11 Å². The summed E-state index contributed by atoms with van der Waals surface area (Å²) in [6.45, 7) is -0.0883. The number of anilines is 1. The summed E-state index contributed by atoms with van der Waals surface area (Å²) in [7, 11) is 0. The molecule has 4 N–H and O–H groups in total. The lowest BCUT2D eigenvalue weighted by Gasteiger charge is -2.16. The van der Waals surface area contributed by atoms with Crippen molar-refractivity contribution in [2.75, 3.05) is 12.3 Å². The molecule has 11 nitrogen and oxygen atoms in total. The van der Waals surface area contributed by atoms with Crippen molar-refractivity contribution in [2.24, 2.45) is 5.11 Å². The summed E-state index contributed by atoms with van der Waals surface area (Å²) in [5, 5.41) is 23.4. The second-order valence-electron chi connectivity index (χ2n) is 4.54. The number of hydrogen-bond donors (Lipinski definition) is 3. The highest BCUT2D eigenvalue weighted by Gasteiger charge is 2.43. The van der Waals surface area contributed by atoms with Crippen LogP contribution in [0.15, 0.2) is 17.8 Å². The summed E-state index contributed by atoms with van der Waals surface area (Å²) >= 11 is 0. The lowest BCUT2D eigenvalue weighted by molar-refractivity contribution is -0.0321. The van der Waals surface area contributed by atoms with E-state index in [1.165, 1.54) is 17.2 Å². The van der Waals surface area contributed by atoms with Gasteiger partial charge in [-0.05, 0) is 5.53 Å². The van der Waals surface area contributed by atoms with Crippen LogP contribution in [0, 0.1) is 0 Å². The first-order chi connectivity index (χ1) is 10.1. The highest BCUT2D eigenvalue weighted by Crippen LogP contribution is 2.31. The molecule has 1 aliphatic heterocycles. The molecule has 0 bridgehead atoms. The Morgan fingerprint density at radius 2 is 2.19 bits per heavy atom. The van der Waals surface area contributed by atoms with E-state index < -0.39 is 24.5 Å². The maximum atomic E-state index is 10.1. The number of aliphatic hydroxyl groups excluding tert-OH is 2. The van der Waals surface area contributed by atoms with Crippen LogP contribution in [-0.2, 0) is 4.74 Å². The van der Waals surface area contributed by atoms with Crippen molar-refractivity contribution in [1.29, 1.82) is 0 Å². The van der Waals surface area contributed by atoms with Gasteiger partial charge < -0.3 is 20.7 Å². The highest BCUT2D eigenvalue weighted by atomic mass is 16.6. The van der Waals surface area contributed by atoms with Gasteiger partial charge in [-0.25, -0.2) is 15.0 Å². The Labute approximate surface area is 117 Å². The van der Waals surface area contributed by atoms with E-state index in [2.05, 4.69) is 25.0 Å². The number of fused-ring (bicyclic) bond motifs is 1. The van der Waals surface area contributed by atoms with Gasteiger partial charge in [-0.2, -0.15) is 0 Å². The first-order valence-corrected chi connectivity index (χ1v) is 6.09. The van der Waals surface area contributed by atoms with E-state index in [4.69, 9.17) is 16.0 Å². The van der Waals surface area contributed by atoms with Gasteiger partial charge in [0, 0.05) is 4.91 Å². The molecule has 4 atom stereocenters. The molecule has 3 rings (SSSR count). The van der Waals surface area contributed by atoms with Crippen LogP contribution in [0.3, 0.4) is 0 Å². The Kier molecular flexibility index (Phi) is 3.31. The van der Waals surface area contributed by atoms with Crippen LogP contribution in [0.4, 0.5) is 5.82 Å². The summed E-state index contributed by atoms with van der Waals surface area (Å²) in [4.78, 5) is 14.5. The number of hydrogen-bond acceptors (Lipinski definition) is 8. The van der Waals surface area contributed by atoms with Gasteiger partial charge in [0.25, 0.3) is 0 Å². The van der Waals surface area contributed by atoms with E-state index in [0.29, 0.717) is 11.2 Å². The number of azide groups is 1. The number of aromatic nitrogens is 4. The van der Waals surface area contributed by atoms with Gasteiger partial charge in [0.15, 0.2) is 17.7 Å². The predicted octanol–water partition coefficient (Wildman–Crippen LogP) is -0.662. The second kappa shape index (κ2) is 5.14. The fourth-order valence-electron chi connectivity index (χ4n) is 2.28. The largest absolute Gasteiger partial charge is 0.388 e. The van der Waals surface area contributed by atoms with Crippen molar-refractivity contribution in [1.82, 2.24) is 19.5 Å². The molecule has 11 heteroatoms. The van der Waals surface area contributed by atoms with Crippen molar-refractivity contribution >= 4 is 17.0 Å². The van der Waals surface area contributed by atoms with Gasteiger partial charge >= 0.3 is 0 Å². The number of aliphatic hydroxyl groups is 2. The highest BCUT2D eigenvalue weighted by molar-refractivity contribution is 5.81. The van der Waals surface area contributed by atoms with Crippen molar-refractivity contribution in [3.63, 3.8) is 0 Å². The molecule has 2 aromatic heterocycles. The van der Waals surface area contributed by atoms with Crippen LogP contribution in [0.5, 0.6) is 0 Å². The minimum absolute atomic E-state index is 0.0883. The number of nitrogen functional groups attached to an aromatic ring is 1. The van der Waals surface area contributed by atoms with Crippen LogP contribution in [0.2, 0.25) is 0 Å². The third-order valence-electron chi connectivity index (χ3n) is 3.32. The molecule has 1 fully saturated rings. The van der Waals surface area contributed by atoms with Crippen LogP contribution >= 0.6 is 0 Å². The van der Waals surface area contributed by atoms with Crippen molar-refractivity contribution < 1.29 is 14.9 Å². The minimum Gasteiger partial charge on any atom is -0.388 e. The summed E-state index contributed by atoms with van der Waals surface area (Å²) in [5.41, 5.74) is 14.8. The molecule has 3 heterocycles. The standard InChI is InChI=1S/C10H12N8O3/c11-8-5-9(14-2-13-8)18(3-15-5)10-7(20)6(19)4(21-10)1-16-17-12/h2-4,6-7,10,19-20H,1H2,(H2,11,13,14)/t4-,6+,7?,10-/m1/s1. The third-order valence-corrected chi connectivity index (χ3v) is 3.32. The third kappa shape index (κ3) is 2.14. The maximum absolute atomic E-state index is 10.1. The lowest BCUT2D eigenvalue weighted by Crippen LogP contribution is -2.32. The SMILES string of the molecule is [N-]=[N+]=NC[C@H]1O[C@@H](n2cnc3c(N)ncnc32)C(O)[C@H]1O. The number of ether oxygens (including phenoxy) is 1. The minimum atomic E-state index is -1.21. The normalized spacial score (nSPS) is 28.7. The molecule has 0 radical (unpaired) electrons. The number of nitrogens with two attached hydrogens (primary N) is 1. The Bertz CT molecular complexity index is 711. The van der Waals surface area contributed by atoms with E-state index in [0.717, 1.165) is 0 Å². The quantitative estimate of drug-likeness (QED) is 0.383. The summed E-state index contributed by atoms with van der Waals surface area (Å²) < 4.78 is 6.99. The molecule has 1 unspecified atom stereocenters. The van der Waals surface area contributed by atoms with Crippen LogP contribution in [0.25, 0.3) is 21.6 Å². The summed E-state index contributed by atoms with van der Waals surface area (Å²) in [6.07, 6.45) is -1.44. The number of nitrogens with zero attached hydrogens (tertiary/aromatic N) is 7. The van der Waals surface area contributed by atoms with Gasteiger partial charge in [0.05, 0.1) is 19.0 Å². The Balaban J connectivity index is 1.95. The van der Waals surface area contributed by atoms with Gasteiger partial charge in [-0.15, -0.1) is 0 Å². The van der Waals surface area contributed by atoms with Gasteiger partial charge in [-0.3, -0.25) is 4.57 Å². The van der Waals surface area contributed by atoms with E-state index in [1.54, 1.807) is 0 Å². The zero-order valence-corrected chi connectivity index (χ0v) is 10.7. The van der Waals surface area contributed by atoms with Crippen LogP contribution in [0.1, 0.15) is 6.23 Å². The number of rotatable bonds is 3. The van der Waals surface area contributed by atoms with Crippen molar-refractivity contribution in [3.05, 3.63) is 23.1 Å². The molecular weight excluding hydrogens is 280 g/mol. The molecular formula is C10H12N8O3. The monoisotopic (exact) mass is 292 g/mol. The van der Waals surface area contributed by atoms with Crippen molar-refractivity contribution in [3.8, 4) is 0 Å². The molecule has 0 saturated carbocycles. The van der Waals surface area contributed by atoms with E-state index in [1.807, 2.05) is 0 Å². The van der Waals surface area contributed by atoms with E-state index in [-0.39, 0.29) is 12.4 Å². The van der Waals surface area contributed by atoms with Crippen LogP contribution in [-0.4, -0.2) is 54.6 Å². The van der Waals surface area contributed by atoms with Crippen LogP contribution < -0.4 is 5.73 Å². The van der Waals surface area contributed by atoms with Gasteiger partial charge in [0.1, 0.15) is 24.1 Å². The molecule has 2 aromatic rings. The topological polar surface area (TPSA) is 168 Å². The van der Waals surface area contributed by atoms with E-state index in [9.17, 15) is 10.2 Å². The fourth-order valence-corrected chi connectivity index (χ4v) is 2.28. The molecule has 0 amide bonds. The first-order valence-electron chi connectivity index (χ1n) is 6.09. The average molecular weight is 292 g/mol. The first kappa shape index (κ1) is 13.5. The Morgan fingerprint density at radius 3 is 2.95 bits per heavy atom. The Hall–Kier alpha value is -2.46. The molecule has 1 saturated heterocycles. The lowest BCUT2D eigenvalue weighted by atomic mass is 10.1. The maximum Gasteiger partial charge on any atom is 0.167 e. The Morgan fingerprint density at radius 1 is 1.38 bits per heavy atom. The van der Waals surface area contributed by atoms with Gasteiger partial charge in [0.2, 0.25) is 0 Å². The molecule has 0 aromatic carbocycles. The fraction of sp³-hybridized carbons (Fsp3) is 0.500. The zero-order chi connectivity index (χ0) is 15.0. The molecule has 0 spiro atoms. The zero-order valence-electron chi connectivity index (χ0n) is 10.7. The summed E-state index contributed by atoms with van der Waals surface area (Å²) in [5.74, 6) is 0.206. The molecule has 110 valence electrons. The second-order valence-corrected chi connectivity index (χ2v) is 4.54. The summed E-state index contributed by atoms with van der Waals surface area (Å²) in [6, 6.07) is 0. The molecule has 21 heavy (non-hydrogen) atoms. The smallest absolute Gasteiger partial charge is 0.167 e.